The topological polar surface area (TPSA) is 88.2 Å². The van der Waals surface area contributed by atoms with Gasteiger partial charge in [-0.1, -0.05) is 170 Å². The highest BCUT2D eigenvalue weighted by molar-refractivity contribution is 5.91. The van der Waals surface area contributed by atoms with Crippen LogP contribution in [0.25, 0.3) is 90.3 Å². The molecule has 0 aliphatic rings. The number of nitriles is 1. The zero-order valence-corrected chi connectivity index (χ0v) is 30.2. The summed E-state index contributed by atoms with van der Waals surface area (Å²) < 4.78 is 0. The van der Waals surface area contributed by atoms with Crippen LogP contribution in [0.5, 0.6) is 0 Å². The average molecular weight is 717 g/mol. The normalized spacial score (nSPS) is 10.8. The number of rotatable bonds is 8. The van der Waals surface area contributed by atoms with Gasteiger partial charge in [0.2, 0.25) is 0 Å². The average Bonchev–Trinajstić information content (AvgIpc) is 3.29. The molecule has 0 saturated heterocycles. The van der Waals surface area contributed by atoms with Crippen LogP contribution >= 0.6 is 0 Å². The highest BCUT2D eigenvalue weighted by atomic mass is 15.0. The molecule has 6 heteroatoms. The molecule has 0 aliphatic heterocycles. The van der Waals surface area contributed by atoms with E-state index in [-0.39, 0.29) is 0 Å². The van der Waals surface area contributed by atoms with Gasteiger partial charge in [0.15, 0.2) is 23.3 Å². The highest BCUT2D eigenvalue weighted by Crippen LogP contribution is 2.40. The molecule has 0 saturated carbocycles. The molecule has 0 radical (unpaired) electrons. The first kappa shape index (κ1) is 33.9. The van der Waals surface area contributed by atoms with E-state index in [1.807, 2.05) is 146 Å². The molecule has 6 nitrogen and oxygen atoms in total. The number of aromatic nitrogens is 5. The van der Waals surface area contributed by atoms with Crippen LogP contribution < -0.4 is 0 Å². The van der Waals surface area contributed by atoms with Crippen molar-refractivity contribution in [3.05, 3.63) is 200 Å². The van der Waals surface area contributed by atoms with Gasteiger partial charge in [-0.2, -0.15) is 5.26 Å². The fourth-order valence-corrected chi connectivity index (χ4v) is 6.89. The van der Waals surface area contributed by atoms with Gasteiger partial charge >= 0.3 is 0 Å². The Balaban J connectivity index is 1.25. The minimum absolute atomic E-state index is 0.510. The maximum absolute atomic E-state index is 10.3. The third kappa shape index (κ3) is 6.84. The van der Waals surface area contributed by atoms with Crippen LogP contribution in [0.4, 0.5) is 0 Å². The molecule has 2 aromatic heterocycles. The molecule has 9 rings (SSSR count). The first-order valence-electron chi connectivity index (χ1n) is 18.3. The van der Waals surface area contributed by atoms with Gasteiger partial charge in [-0.15, -0.1) is 0 Å². The first-order valence-corrected chi connectivity index (χ1v) is 18.3. The third-order valence-electron chi connectivity index (χ3n) is 9.64. The molecule has 262 valence electrons. The molecule has 56 heavy (non-hydrogen) atoms. The maximum Gasteiger partial charge on any atom is 0.164 e. The Bertz CT molecular complexity index is 2740. The van der Waals surface area contributed by atoms with Crippen LogP contribution in [0, 0.1) is 11.3 Å². The monoisotopic (exact) mass is 716 g/mol. The smallest absolute Gasteiger partial charge is 0.164 e. The van der Waals surface area contributed by atoms with Crippen molar-refractivity contribution in [2.75, 3.05) is 0 Å². The minimum atomic E-state index is 0.510. The summed E-state index contributed by atoms with van der Waals surface area (Å²) in [7, 11) is 0. The van der Waals surface area contributed by atoms with E-state index in [0.717, 1.165) is 67.0 Å². The molecule has 0 fully saturated rings. The molecular weight excluding hydrogens is 685 g/mol. The van der Waals surface area contributed by atoms with Crippen LogP contribution in [0.2, 0.25) is 0 Å². The lowest BCUT2D eigenvalue weighted by Crippen LogP contribution is -2.01. The van der Waals surface area contributed by atoms with E-state index in [0.29, 0.717) is 28.9 Å². The minimum Gasteiger partial charge on any atom is -0.228 e. The van der Waals surface area contributed by atoms with E-state index in [9.17, 15) is 5.26 Å². The molecule has 0 N–H and O–H groups in total. The van der Waals surface area contributed by atoms with Crippen molar-refractivity contribution in [1.29, 1.82) is 5.26 Å². The Morgan fingerprint density at radius 2 is 0.732 bits per heavy atom. The Morgan fingerprint density at radius 3 is 1.30 bits per heavy atom. The van der Waals surface area contributed by atoms with E-state index in [1.54, 1.807) is 0 Å². The second-order valence-electron chi connectivity index (χ2n) is 13.2. The van der Waals surface area contributed by atoms with Gasteiger partial charge in [0, 0.05) is 38.9 Å². The van der Waals surface area contributed by atoms with Crippen molar-refractivity contribution in [1.82, 2.24) is 24.9 Å². The van der Waals surface area contributed by atoms with Crippen molar-refractivity contribution in [3.63, 3.8) is 0 Å². The zero-order chi connectivity index (χ0) is 37.7. The van der Waals surface area contributed by atoms with Gasteiger partial charge in [0.1, 0.15) is 0 Å². The van der Waals surface area contributed by atoms with Gasteiger partial charge in [-0.3, -0.25) is 0 Å². The summed E-state index contributed by atoms with van der Waals surface area (Å²) in [5.41, 5.74) is 11.2. The van der Waals surface area contributed by atoms with Gasteiger partial charge in [-0.25, -0.2) is 24.9 Å². The zero-order valence-electron chi connectivity index (χ0n) is 30.2. The Labute approximate surface area is 325 Å². The Kier molecular flexibility index (Phi) is 9.23. The molecule has 0 spiro atoms. The third-order valence-corrected chi connectivity index (χ3v) is 9.64. The van der Waals surface area contributed by atoms with Crippen molar-refractivity contribution >= 4 is 0 Å². The summed E-state index contributed by atoms with van der Waals surface area (Å²) in [6, 6.07) is 66.8. The molecule has 0 bridgehead atoms. The van der Waals surface area contributed by atoms with E-state index in [4.69, 9.17) is 24.9 Å². The Morgan fingerprint density at radius 1 is 0.286 bits per heavy atom. The summed E-state index contributed by atoms with van der Waals surface area (Å²) >= 11 is 0. The predicted molar refractivity (Wildman–Crippen MR) is 224 cm³/mol. The Hall–Kier alpha value is -7.88. The molecule has 0 amide bonds. The number of hydrogen-bond acceptors (Lipinski definition) is 6. The van der Waals surface area contributed by atoms with Gasteiger partial charge in [0.25, 0.3) is 0 Å². The van der Waals surface area contributed by atoms with Crippen molar-refractivity contribution in [2.24, 2.45) is 0 Å². The largest absolute Gasteiger partial charge is 0.228 e. The summed E-state index contributed by atoms with van der Waals surface area (Å²) in [5, 5.41) is 10.3. The second-order valence-corrected chi connectivity index (χ2v) is 13.2. The fraction of sp³-hybridized carbons (Fsp3) is 0. The summed E-state index contributed by atoms with van der Waals surface area (Å²) in [6.07, 6.45) is 0. The molecule has 0 unspecified atom stereocenters. The van der Waals surface area contributed by atoms with Crippen LogP contribution in [0.1, 0.15) is 5.56 Å². The molecule has 0 atom stereocenters. The SMILES string of the molecule is N#Cc1ccccc1-c1cc(-c2ccccc2-c2cc(-c3ccccc3)nc(-c3ccccc3)n2)ccc1-c1nc(-c2ccccc2)nc(-c2ccccc2)n1. The highest BCUT2D eigenvalue weighted by Gasteiger charge is 2.20. The van der Waals surface area contributed by atoms with Crippen LogP contribution in [0.15, 0.2) is 194 Å². The maximum atomic E-state index is 10.3. The summed E-state index contributed by atoms with van der Waals surface area (Å²) in [4.78, 5) is 25.2. The van der Waals surface area contributed by atoms with E-state index in [1.165, 1.54) is 0 Å². The summed E-state index contributed by atoms with van der Waals surface area (Å²) in [6.45, 7) is 0. The lowest BCUT2D eigenvalue weighted by atomic mass is 9.89. The predicted octanol–water partition coefficient (Wildman–Crippen LogP) is 11.9. The molecule has 7 aromatic carbocycles. The van der Waals surface area contributed by atoms with Crippen molar-refractivity contribution in [3.8, 4) is 96.4 Å². The molecule has 9 aromatic rings. The molecule has 2 heterocycles. The second kappa shape index (κ2) is 15.2. The van der Waals surface area contributed by atoms with Crippen LogP contribution in [-0.4, -0.2) is 24.9 Å². The standard InChI is InChI=1S/C50H32N6/c51-33-39-25-13-14-27-41(39)44-31-38(29-30-43(44)50-55-48(36-21-9-3-10-22-36)54-49(56-50)37-23-11-4-12-24-37)40-26-15-16-28-42(40)46-32-45(34-17-5-1-6-18-34)52-47(53-46)35-19-7-2-8-20-35/h1-32H. The van der Waals surface area contributed by atoms with Gasteiger partial charge < -0.3 is 0 Å². The van der Waals surface area contributed by atoms with Crippen LogP contribution in [-0.2, 0) is 0 Å². The summed E-state index contributed by atoms with van der Waals surface area (Å²) in [5.74, 6) is 2.29. The number of nitrogens with zero attached hydrogens (tertiary/aromatic N) is 6. The van der Waals surface area contributed by atoms with E-state index >= 15 is 0 Å². The molecule has 0 aliphatic carbocycles. The molecular formula is C50H32N6. The van der Waals surface area contributed by atoms with Gasteiger partial charge in [-0.05, 0) is 41.0 Å². The quantitative estimate of drug-likeness (QED) is 0.156. The number of benzene rings is 7. The van der Waals surface area contributed by atoms with E-state index < -0.39 is 0 Å². The first-order chi connectivity index (χ1) is 27.7. The van der Waals surface area contributed by atoms with Gasteiger partial charge in [0.05, 0.1) is 23.0 Å². The van der Waals surface area contributed by atoms with Crippen molar-refractivity contribution in [2.45, 2.75) is 0 Å². The van der Waals surface area contributed by atoms with Crippen LogP contribution in [0.3, 0.4) is 0 Å². The number of hydrogen-bond donors (Lipinski definition) is 0. The lowest BCUT2D eigenvalue weighted by molar-refractivity contribution is 1.07. The fourth-order valence-electron chi connectivity index (χ4n) is 6.89. The van der Waals surface area contributed by atoms with E-state index in [2.05, 4.69) is 54.6 Å². The van der Waals surface area contributed by atoms with Crippen molar-refractivity contribution < 1.29 is 0 Å². The lowest BCUT2D eigenvalue weighted by Gasteiger charge is -2.16.